The number of aliphatic hydroxyl groups is 1. The standard InChI is InChI=1S/C11H16FN3O/c1-7(6-16)15(2)10-4-3-8(11(13)14)5-9(10)12/h3-5,7,16H,6H2,1-2H3,(H3,13,14). The molecule has 0 aliphatic rings. The largest absolute Gasteiger partial charge is 0.394 e. The lowest BCUT2D eigenvalue weighted by Crippen LogP contribution is -2.32. The number of aliphatic hydroxyl groups excluding tert-OH is 1. The Labute approximate surface area is 94.0 Å². The number of halogens is 1. The zero-order chi connectivity index (χ0) is 12.3. The lowest BCUT2D eigenvalue weighted by Gasteiger charge is -2.25. The normalized spacial score (nSPS) is 12.2. The number of rotatable bonds is 4. The maximum atomic E-state index is 13.7. The Morgan fingerprint density at radius 3 is 2.69 bits per heavy atom. The first kappa shape index (κ1) is 12.4. The first-order chi connectivity index (χ1) is 7.47. The maximum absolute atomic E-state index is 13.7. The summed E-state index contributed by atoms with van der Waals surface area (Å²) in [4.78, 5) is 1.64. The zero-order valence-electron chi connectivity index (χ0n) is 9.37. The Hall–Kier alpha value is -1.62. The number of amidine groups is 1. The molecule has 0 spiro atoms. The van der Waals surface area contributed by atoms with Gasteiger partial charge in [-0.05, 0) is 25.1 Å². The number of likely N-dealkylation sites (N-methyl/N-ethyl adjacent to an activating group) is 1. The van der Waals surface area contributed by atoms with Gasteiger partial charge in [0, 0.05) is 18.7 Å². The smallest absolute Gasteiger partial charge is 0.147 e. The number of nitrogen functional groups attached to an aromatic ring is 1. The van der Waals surface area contributed by atoms with E-state index >= 15 is 0 Å². The van der Waals surface area contributed by atoms with E-state index in [2.05, 4.69) is 0 Å². The van der Waals surface area contributed by atoms with Gasteiger partial charge < -0.3 is 15.7 Å². The Balaban J connectivity index is 3.03. The van der Waals surface area contributed by atoms with Crippen LogP contribution in [0.1, 0.15) is 12.5 Å². The van der Waals surface area contributed by atoms with Crippen molar-refractivity contribution in [3.63, 3.8) is 0 Å². The molecule has 4 N–H and O–H groups in total. The van der Waals surface area contributed by atoms with Gasteiger partial charge in [0.1, 0.15) is 11.7 Å². The van der Waals surface area contributed by atoms with Crippen molar-refractivity contribution >= 4 is 11.5 Å². The van der Waals surface area contributed by atoms with Crippen LogP contribution in [0.4, 0.5) is 10.1 Å². The molecule has 0 radical (unpaired) electrons. The van der Waals surface area contributed by atoms with Crippen molar-refractivity contribution in [3.8, 4) is 0 Å². The first-order valence-electron chi connectivity index (χ1n) is 4.95. The lowest BCUT2D eigenvalue weighted by molar-refractivity contribution is 0.269. The average molecular weight is 225 g/mol. The Morgan fingerprint density at radius 1 is 1.62 bits per heavy atom. The second kappa shape index (κ2) is 4.94. The molecule has 0 aliphatic heterocycles. The van der Waals surface area contributed by atoms with Gasteiger partial charge in [0.15, 0.2) is 0 Å². The van der Waals surface area contributed by atoms with Gasteiger partial charge in [-0.25, -0.2) is 4.39 Å². The summed E-state index contributed by atoms with van der Waals surface area (Å²) in [5.41, 5.74) is 5.99. The van der Waals surface area contributed by atoms with Gasteiger partial charge >= 0.3 is 0 Å². The van der Waals surface area contributed by atoms with Crippen LogP contribution in [0.3, 0.4) is 0 Å². The van der Waals surface area contributed by atoms with Crippen LogP contribution in [-0.2, 0) is 0 Å². The maximum Gasteiger partial charge on any atom is 0.147 e. The van der Waals surface area contributed by atoms with Crippen LogP contribution in [0, 0.1) is 11.2 Å². The van der Waals surface area contributed by atoms with Gasteiger partial charge in [-0.1, -0.05) is 0 Å². The van der Waals surface area contributed by atoms with Crippen LogP contribution in [0.2, 0.25) is 0 Å². The quantitative estimate of drug-likeness (QED) is 0.527. The summed E-state index contributed by atoms with van der Waals surface area (Å²) >= 11 is 0. The summed E-state index contributed by atoms with van der Waals surface area (Å²) < 4.78 is 13.7. The van der Waals surface area contributed by atoms with E-state index in [1.165, 1.54) is 6.07 Å². The molecule has 0 aromatic heterocycles. The molecule has 1 aromatic rings. The molecule has 16 heavy (non-hydrogen) atoms. The number of anilines is 1. The third-order valence-electron chi connectivity index (χ3n) is 2.56. The second-order valence-electron chi connectivity index (χ2n) is 3.72. The number of hydrogen-bond acceptors (Lipinski definition) is 3. The van der Waals surface area contributed by atoms with E-state index in [9.17, 15) is 4.39 Å². The van der Waals surface area contributed by atoms with Crippen molar-refractivity contribution in [2.45, 2.75) is 13.0 Å². The molecular formula is C11H16FN3O. The van der Waals surface area contributed by atoms with Crippen molar-refractivity contribution in [2.75, 3.05) is 18.6 Å². The Bertz CT molecular complexity index is 395. The van der Waals surface area contributed by atoms with Gasteiger partial charge in [0.05, 0.1) is 12.3 Å². The topological polar surface area (TPSA) is 73.3 Å². The van der Waals surface area contributed by atoms with E-state index in [0.717, 1.165) is 0 Å². The molecular weight excluding hydrogens is 209 g/mol. The van der Waals surface area contributed by atoms with Crippen molar-refractivity contribution in [1.29, 1.82) is 5.41 Å². The lowest BCUT2D eigenvalue weighted by atomic mass is 10.1. The van der Waals surface area contributed by atoms with Gasteiger partial charge in [-0.2, -0.15) is 0 Å². The molecule has 88 valence electrons. The van der Waals surface area contributed by atoms with E-state index in [1.807, 2.05) is 0 Å². The molecule has 1 unspecified atom stereocenters. The van der Waals surface area contributed by atoms with Crippen molar-refractivity contribution in [1.82, 2.24) is 0 Å². The van der Waals surface area contributed by atoms with Crippen LogP contribution < -0.4 is 10.6 Å². The highest BCUT2D eigenvalue weighted by atomic mass is 19.1. The van der Waals surface area contributed by atoms with Gasteiger partial charge in [0.2, 0.25) is 0 Å². The van der Waals surface area contributed by atoms with E-state index in [0.29, 0.717) is 11.3 Å². The van der Waals surface area contributed by atoms with E-state index in [1.54, 1.807) is 31.0 Å². The molecule has 0 aliphatic carbocycles. The second-order valence-corrected chi connectivity index (χ2v) is 3.72. The minimum Gasteiger partial charge on any atom is -0.394 e. The zero-order valence-corrected chi connectivity index (χ0v) is 9.37. The number of nitrogens with zero attached hydrogens (tertiary/aromatic N) is 1. The fraction of sp³-hybridized carbons (Fsp3) is 0.364. The van der Waals surface area contributed by atoms with Crippen LogP contribution in [-0.4, -0.2) is 30.6 Å². The fourth-order valence-corrected chi connectivity index (χ4v) is 1.32. The SMILES string of the molecule is CC(CO)N(C)c1ccc(C(=N)N)cc1F. The Kier molecular flexibility index (Phi) is 3.84. The predicted octanol–water partition coefficient (Wildman–Crippen LogP) is 0.927. The monoisotopic (exact) mass is 225 g/mol. The number of benzene rings is 1. The van der Waals surface area contributed by atoms with E-state index < -0.39 is 5.82 Å². The average Bonchev–Trinajstić information content (AvgIpc) is 2.26. The Morgan fingerprint density at radius 2 is 2.25 bits per heavy atom. The highest BCUT2D eigenvalue weighted by Crippen LogP contribution is 2.20. The summed E-state index contributed by atoms with van der Waals surface area (Å²) in [6.07, 6.45) is 0. The predicted molar refractivity (Wildman–Crippen MR) is 62.4 cm³/mol. The van der Waals surface area contributed by atoms with Crippen molar-refractivity contribution in [2.24, 2.45) is 5.73 Å². The van der Waals surface area contributed by atoms with Crippen LogP contribution in [0.15, 0.2) is 18.2 Å². The van der Waals surface area contributed by atoms with Crippen LogP contribution >= 0.6 is 0 Å². The molecule has 1 rings (SSSR count). The van der Waals surface area contributed by atoms with Gasteiger partial charge in [0.25, 0.3) is 0 Å². The summed E-state index contributed by atoms with van der Waals surface area (Å²) in [5.74, 6) is -0.612. The molecule has 1 aromatic carbocycles. The first-order valence-corrected chi connectivity index (χ1v) is 4.95. The third-order valence-corrected chi connectivity index (χ3v) is 2.56. The van der Waals surface area contributed by atoms with Gasteiger partial charge in [-0.15, -0.1) is 0 Å². The summed E-state index contributed by atoms with van der Waals surface area (Å²) in [7, 11) is 1.70. The summed E-state index contributed by atoms with van der Waals surface area (Å²) in [5, 5.41) is 16.2. The molecule has 0 bridgehead atoms. The molecule has 0 saturated heterocycles. The highest BCUT2D eigenvalue weighted by Gasteiger charge is 2.13. The molecule has 0 fully saturated rings. The van der Waals surface area contributed by atoms with E-state index in [4.69, 9.17) is 16.2 Å². The van der Waals surface area contributed by atoms with Gasteiger partial charge in [-0.3, -0.25) is 5.41 Å². The molecule has 4 nitrogen and oxygen atoms in total. The minimum absolute atomic E-state index is 0.0512. The minimum atomic E-state index is -0.449. The van der Waals surface area contributed by atoms with Crippen molar-refractivity contribution < 1.29 is 9.50 Å². The molecule has 5 heteroatoms. The summed E-state index contributed by atoms with van der Waals surface area (Å²) in [6, 6.07) is 4.19. The van der Waals surface area contributed by atoms with Crippen molar-refractivity contribution in [3.05, 3.63) is 29.6 Å². The number of nitrogens with one attached hydrogen (secondary N) is 1. The number of hydrogen-bond donors (Lipinski definition) is 3. The molecule has 0 heterocycles. The summed E-state index contributed by atoms with van der Waals surface area (Å²) in [6.45, 7) is 1.74. The van der Waals surface area contributed by atoms with Crippen LogP contribution in [0.5, 0.6) is 0 Å². The molecule has 0 amide bonds. The van der Waals surface area contributed by atoms with Crippen LogP contribution in [0.25, 0.3) is 0 Å². The third kappa shape index (κ3) is 2.49. The number of nitrogens with two attached hydrogens (primary N) is 1. The molecule has 1 atom stereocenters. The molecule has 0 saturated carbocycles. The fourth-order valence-electron chi connectivity index (χ4n) is 1.32. The van der Waals surface area contributed by atoms with E-state index in [-0.39, 0.29) is 18.5 Å². The highest BCUT2D eigenvalue weighted by molar-refractivity contribution is 5.95.